The Balaban J connectivity index is 2.16. The normalized spacial score (nSPS) is 20.8. The molecule has 132 valence electrons. The Morgan fingerprint density at radius 1 is 1.29 bits per heavy atom. The van der Waals surface area contributed by atoms with Crippen molar-refractivity contribution in [3.8, 4) is 0 Å². The van der Waals surface area contributed by atoms with Crippen molar-refractivity contribution in [1.82, 2.24) is 9.80 Å². The molecule has 1 fully saturated rings. The molecular formula is C17H25N3O3S. The van der Waals surface area contributed by atoms with Crippen LogP contribution in [0.2, 0.25) is 0 Å². The largest absolute Gasteiger partial charge is 0.325 e. The highest BCUT2D eigenvalue weighted by Gasteiger charge is 2.40. The fraction of sp³-hybridized carbons (Fsp3) is 0.588. The highest BCUT2D eigenvalue weighted by molar-refractivity contribution is 8.01. The SMILES string of the molecule is CCN(CC)CCCN1C(=O)C(C)SC1c1ccccc1[N+](=O)[O-]. The van der Waals surface area contributed by atoms with Crippen molar-refractivity contribution in [2.75, 3.05) is 26.2 Å². The second-order valence-electron chi connectivity index (χ2n) is 5.86. The molecule has 1 aliphatic heterocycles. The zero-order valence-electron chi connectivity index (χ0n) is 14.5. The van der Waals surface area contributed by atoms with Gasteiger partial charge in [0.2, 0.25) is 5.91 Å². The number of rotatable bonds is 8. The van der Waals surface area contributed by atoms with Gasteiger partial charge in [-0.15, -0.1) is 11.8 Å². The van der Waals surface area contributed by atoms with E-state index in [2.05, 4.69) is 18.7 Å². The van der Waals surface area contributed by atoms with Crippen LogP contribution in [-0.4, -0.2) is 52.1 Å². The van der Waals surface area contributed by atoms with E-state index >= 15 is 0 Å². The third-order valence-corrected chi connectivity index (χ3v) is 5.79. The number of nitro benzene ring substituents is 1. The molecule has 1 heterocycles. The monoisotopic (exact) mass is 351 g/mol. The lowest BCUT2D eigenvalue weighted by molar-refractivity contribution is -0.385. The van der Waals surface area contributed by atoms with Crippen molar-refractivity contribution in [3.63, 3.8) is 0 Å². The Morgan fingerprint density at radius 3 is 2.58 bits per heavy atom. The van der Waals surface area contributed by atoms with Gasteiger partial charge in [0.25, 0.3) is 5.69 Å². The van der Waals surface area contributed by atoms with Crippen molar-refractivity contribution >= 4 is 23.4 Å². The minimum atomic E-state index is -0.364. The third-order valence-electron chi connectivity index (χ3n) is 4.41. The number of thioether (sulfide) groups is 1. The highest BCUT2D eigenvalue weighted by Crippen LogP contribution is 2.45. The van der Waals surface area contributed by atoms with Gasteiger partial charge in [-0.1, -0.05) is 26.0 Å². The molecule has 0 spiro atoms. The molecule has 0 aliphatic carbocycles. The molecule has 6 nitrogen and oxygen atoms in total. The van der Waals surface area contributed by atoms with E-state index in [1.165, 1.54) is 17.8 Å². The number of carbonyl (C=O) groups excluding carboxylic acids is 1. The van der Waals surface area contributed by atoms with Crippen molar-refractivity contribution in [2.45, 2.75) is 37.8 Å². The first-order chi connectivity index (χ1) is 11.5. The van der Waals surface area contributed by atoms with E-state index in [1.54, 1.807) is 23.1 Å². The first-order valence-corrected chi connectivity index (χ1v) is 9.35. The Morgan fingerprint density at radius 2 is 1.96 bits per heavy atom. The maximum Gasteiger partial charge on any atom is 0.275 e. The molecule has 0 bridgehead atoms. The zero-order chi connectivity index (χ0) is 17.7. The van der Waals surface area contributed by atoms with E-state index in [4.69, 9.17) is 0 Å². The van der Waals surface area contributed by atoms with Gasteiger partial charge in [0.05, 0.1) is 15.7 Å². The Kier molecular flexibility index (Phi) is 6.62. The van der Waals surface area contributed by atoms with Crippen molar-refractivity contribution < 1.29 is 9.72 Å². The van der Waals surface area contributed by atoms with E-state index < -0.39 is 0 Å². The predicted octanol–water partition coefficient (Wildman–Crippen LogP) is 3.29. The van der Waals surface area contributed by atoms with Gasteiger partial charge in [-0.25, -0.2) is 0 Å². The molecule has 0 aromatic heterocycles. The molecule has 1 aromatic carbocycles. The summed E-state index contributed by atoms with van der Waals surface area (Å²) < 4.78 is 0. The van der Waals surface area contributed by atoms with E-state index in [0.29, 0.717) is 12.1 Å². The molecule has 0 saturated carbocycles. The van der Waals surface area contributed by atoms with Gasteiger partial charge in [-0.05, 0) is 39.0 Å². The van der Waals surface area contributed by atoms with Gasteiger partial charge in [0.15, 0.2) is 0 Å². The van der Waals surface area contributed by atoms with Crippen molar-refractivity contribution in [1.29, 1.82) is 0 Å². The van der Waals surface area contributed by atoms with Crippen LogP contribution in [0.5, 0.6) is 0 Å². The lowest BCUT2D eigenvalue weighted by Crippen LogP contribution is -2.34. The Hall–Kier alpha value is -1.60. The van der Waals surface area contributed by atoms with E-state index in [0.717, 1.165) is 26.1 Å². The summed E-state index contributed by atoms with van der Waals surface area (Å²) in [6.45, 7) is 9.66. The van der Waals surface area contributed by atoms with Gasteiger partial charge < -0.3 is 9.80 Å². The molecule has 24 heavy (non-hydrogen) atoms. The fourth-order valence-electron chi connectivity index (χ4n) is 3.01. The number of benzene rings is 1. The van der Waals surface area contributed by atoms with Crippen LogP contribution >= 0.6 is 11.8 Å². The number of nitrogens with zero attached hydrogens (tertiary/aromatic N) is 3. The summed E-state index contributed by atoms with van der Waals surface area (Å²) in [6.07, 6.45) is 0.873. The molecule has 1 aliphatic rings. The molecule has 0 N–H and O–H groups in total. The van der Waals surface area contributed by atoms with Gasteiger partial charge in [0, 0.05) is 12.6 Å². The summed E-state index contributed by atoms with van der Waals surface area (Å²) in [4.78, 5) is 27.6. The quantitative estimate of drug-likeness (QED) is 0.531. The smallest absolute Gasteiger partial charge is 0.275 e. The standard InChI is InChI=1S/C17H25N3O3S/c1-4-18(5-2)11-8-12-19-16(21)13(3)24-17(19)14-9-6-7-10-15(14)20(22)23/h6-7,9-10,13,17H,4-5,8,11-12H2,1-3H3. The number of amides is 1. The van der Waals surface area contributed by atoms with Crippen LogP contribution in [0, 0.1) is 10.1 Å². The molecule has 2 atom stereocenters. The summed E-state index contributed by atoms with van der Waals surface area (Å²) in [5, 5.41) is 10.9. The summed E-state index contributed by atoms with van der Waals surface area (Å²) >= 11 is 1.50. The topological polar surface area (TPSA) is 66.7 Å². The van der Waals surface area contributed by atoms with Gasteiger partial charge in [0.1, 0.15) is 5.37 Å². The number of para-hydroxylation sites is 1. The van der Waals surface area contributed by atoms with Crippen LogP contribution < -0.4 is 0 Å². The lowest BCUT2D eigenvalue weighted by Gasteiger charge is -2.25. The molecule has 7 heteroatoms. The molecule has 1 aromatic rings. The van der Waals surface area contributed by atoms with Gasteiger partial charge >= 0.3 is 0 Å². The number of hydrogen-bond acceptors (Lipinski definition) is 5. The van der Waals surface area contributed by atoms with E-state index in [-0.39, 0.29) is 27.1 Å². The van der Waals surface area contributed by atoms with Crippen molar-refractivity contribution in [2.24, 2.45) is 0 Å². The summed E-state index contributed by atoms with van der Waals surface area (Å²) in [6, 6.07) is 6.73. The maximum atomic E-state index is 12.5. The fourth-order valence-corrected chi connectivity index (χ4v) is 4.35. The highest BCUT2D eigenvalue weighted by atomic mass is 32.2. The molecule has 2 unspecified atom stereocenters. The third kappa shape index (κ3) is 4.08. The van der Waals surface area contributed by atoms with Gasteiger partial charge in [-0.3, -0.25) is 14.9 Å². The van der Waals surface area contributed by atoms with Crippen molar-refractivity contribution in [3.05, 3.63) is 39.9 Å². The van der Waals surface area contributed by atoms with Crippen LogP contribution in [0.1, 0.15) is 38.1 Å². The first-order valence-electron chi connectivity index (χ1n) is 8.41. The summed E-state index contributed by atoms with van der Waals surface area (Å²) in [7, 11) is 0. The predicted molar refractivity (Wildman–Crippen MR) is 97.0 cm³/mol. The Labute approximate surface area is 147 Å². The summed E-state index contributed by atoms with van der Waals surface area (Å²) in [5.74, 6) is 0.0719. The molecule has 1 saturated heterocycles. The minimum absolute atomic E-state index is 0.0719. The molecular weight excluding hydrogens is 326 g/mol. The zero-order valence-corrected chi connectivity index (χ0v) is 15.3. The van der Waals surface area contributed by atoms with Crippen LogP contribution in [0.3, 0.4) is 0 Å². The Bertz CT molecular complexity index is 592. The maximum absolute atomic E-state index is 12.5. The lowest BCUT2D eigenvalue weighted by atomic mass is 10.1. The first kappa shape index (κ1) is 18.7. The van der Waals surface area contributed by atoms with Crippen LogP contribution in [0.15, 0.2) is 24.3 Å². The molecule has 0 radical (unpaired) electrons. The van der Waals surface area contributed by atoms with Crippen LogP contribution in [-0.2, 0) is 4.79 Å². The number of nitro groups is 1. The van der Waals surface area contributed by atoms with E-state index in [9.17, 15) is 14.9 Å². The average Bonchev–Trinajstić information content (AvgIpc) is 2.86. The average molecular weight is 351 g/mol. The number of hydrogen-bond donors (Lipinski definition) is 0. The van der Waals surface area contributed by atoms with Gasteiger partial charge in [-0.2, -0.15) is 0 Å². The summed E-state index contributed by atoms with van der Waals surface area (Å²) in [5.41, 5.74) is 0.707. The minimum Gasteiger partial charge on any atom is -0.325 e. The second-order valence-corrected chi connectivity index (χ2v) is 7.28. The van der Waals surface area contributed by atoms with E-state index in [1.807, 2.05) is 6.92 Å². The van der Waals surface area contributed by atoms with Crippen LogP contribution in [0.25, 0.3) is 0 Å². The van der Waals surface area contributed by atoms with Crippen LogP contribution in [0.4, 0.5) is 5.69 Å². The molecule has 2 rings (SSSR count). The molecule has 1 amide bonds. The second kappa shape index (κ2) is 8.48. The number of carbonyl (C=O) groups is 1.